The van der Waals surface area contributed by atoms with Crippen molar-refractivity contribution in [2.75, 3.05) is 53.7 Å². The molecule has 0 aliphatic heterocycles. The first-order valence-corrected chi connectivity index (χ1v) is 20.6. The molecule has 10 nitrogen and oxygen atoms in total. The van der Waals surface area contributed by atoms with E-state index in [1.54, 1.807) is 0 Å². The maximum atomic E-state index is 12.3. The van der Waals surface area contributed by atoms with Gasteiger partial charge in [0, 0.05) is 6.54 Å². The predicted molar refractivity (Wildman–Crippen MR) is 205 cm³/mol. The van der Waals surface area contributed by atoms with E-state index in [4.69, 9.17) is 28.4 Å². The minimum Gasteiger partial charge on any atom is -0.434 e. The first-order valence-electron chi connectivity index (χ1n) is 20.6. The van der Waals surface area contributed by atoms with Gasteiger partial charge < -0.3 is 33.3 Å². The summed E-state index contributed by atoms with van der Waals surface area (Å²) in [5.74, 6) is 0. The molecule has 0 rings (SSSR count). The van der Waals surface area contributed by atoms with E-state index in [1.165, 1.54) is 51.4 Å². The first-order chi connectivity index (χ1) is 24.9. The fraction of sp³-hybridized carbons (Fsp3) is 0.878. The number of nitrogens with zero attached hydrogens (tertiary/aromatic N) is 1. The van der Waals surface area contributed by atoms with Crippen LogP contribution in [0.15, 0.2) is 12.2 Å². The molecule has 10 heteroatoms. The number of ether oxygens (including phenoxy) is 6. The first kappa shape index (κ1) is 48.5. The zero-order valence-corrected chi connectivity index (χ0v) is 33.3. The van der Waals surface area contributed by atoms with Crippen molar-refractivity contribution in [1.29, 1.82) is 0 Å². The molecule has 0 fully saturated rings. The molecule has 0 saturated carbocycles. The average molecular weight is 728 g/mol. The minimum atomic E-state index is -0.598. The molecular weight excluding hydrogens is 650 g/mol. The zero-order valence-electron chi connectivity index (χ0n) is 33.3. The van der Waals surface area contributed by atoms with Gasteiger partial charge in [0.25, 0.3) is 0 Å². The second-order valence-corrected chi connectivity index (χ2v) is 13.9. The van der Waals surface area contributed by atoms with Crippen LogP contribution in [0.3, 0.4) is 0 Å². The third-order valence-corrected chi connectivity index (χ3v) is 8.71. The summed E-state index contributed by atoms with van der Waals surface area (Å²) in [4.78, 5) is 37.7. The summed E-state index contributed by atoms with van der Waals surface area (Å²) >= 11 is 0. The summed E-state index contributed by atoms with van der Waals surface area (Å²) < 4.78 is 31.6. The van der Waals surface area contributed by atoms with Crippen LogP contribution >= 0.6 is 0 Å². The lowest BCUT2D eigenvalue weighted by Crippen LogP contribution is -2.23. The van der Waals surface area contributed by atoms with E-state index in [2.05, 4.69) is 19.9 Å². The lowest BCUT2D eigenvalue weighted by atomic mass is 10.0. The summed E-state index contributed by atoms with van der Waals surface area (Å²) in [6.45, 7) is 6.87. The molecule has 0 aromatic carbocycles. The Hall–Kier alpha value is -2.49. The SMILES string of the molecule is CCCCCC/C=C\COC(=O)OCCCCCCCCC(CCCCCCCCOC(=O)OCCCCCCCC)OC(=O)OCCN(C)C. The van der Waals surface area contributed by atoms with Crippen LogP contribution in [0, 0.1) is 0 Å². The topological polar surface area (TPSA) is 110 Å². The van der Waals surface area contributed by atoms with Crippen LogP contribution in [0.25, 0.3) is 0 Å². The Morgan fingerprint density at radius 2 is 0.882 bits per heavy atom. The Morgan fingerprint density at radius 3 is 1.37 bits per heavy atom. The van der Waals surface area contributed by atoms with Gasteiger partial charge in [-0.2, -0.15) is 0 Å². The lowest BCUT2D eigenvalue weighted by Gasteiger charge is -2.18. The lowest BCUT2D eigenvalue weighted by molar-refractivity contribution is 0.0138. The summed E-state index contributed by atoms with van der Waals surface area (Å²) in [6.07, 6.45) is 28.8. The summed E-state index contributed by atoms with van der Waals surface area (Å²) in [5.41, 5.74) is 0. The number of carbonyl (C=O) groups excluding carboxylic acids is 3. The molecule has 0 aliphatic rings. The summed E-state index contributed by atoms with van der Waals surface area (Å²) in [5, 5.41) is 0. The Balaban J connectivity index is 4.00. The molecular formula is C41H77NO9. The average Bonchev–Trinajstić information content (AvgIpc) is 3.10. The molecule has 300 valence electrons. The number of likely N-dealkylation sites (N-methyl/N-ethyl adjacent to an activating group) is 1. The zero-order chi connectivity index (χ0) is 37.5. The van der Waals surface area contributed by atoms with Crippen molar-refractivity contribution in [1.82, 2.24) is 4.90 Å². The molecule has 0 heterocycles. The van der Waals surface area contributed by atoms with E-state index >= 15 is 0 Å². The smallest absolute Gasteiger partial charge is 0.434 e. The van der Waals surface area contributed by atoms with Crippen LogP contribution in [0.2, 0.25) is 0 Å². The quantitative estimate of drug-likeness (QED) is 0.0268. The van der Waals surface area contributed by atoms with Gasteiger partial charge in [0.15, 0.2) is 0 Å². The highest BCUT2D eigenvalue weighted by Gasteiger charge is 2.15. The molecule has 1 atom stereocenters. The van der Waals surface area contributed by atoms with E-state index in [9.17, 15) is 14.4 Å². The van der Waals surface area contributed by atoms with Gasteiger partial charge in [0.2, 0.25) is 0 Å². The number of allylic oxidation sites excluding steroid dienone is 1. The van der Waals surface area contributed by atoms with Crippen LogP contribution in [0.4, 0.5) is 14.4 Å². The van der Waals surface area contributed by atoms with Crippen molar-refractivity contribution in [3.8, 4) is 0 Å². The Morgan fingerprint density at radius 1 is 0.471 bits per heavy atom. The molecule has 0 aromatic rings. The fourth-order valence-electron chi connectivity index (χ4n) is 5.53. The van der Waals surface area contributed by atoms with Gasteiger partial charge in [-0.3, -0.25) is 0 Å². The van der Waals surface area contributed by atoms with Crippen LogP contribution < -0.4 is 0 Å². The van der Waals surface area contributed by atoms with Crippen molar-refractivity contribution in [2.45, 2.75) is 180 Å². The van der Waals surface area contributed by atoms with E-state index in [0.717, 1.165) is 109 Å². The third kappa shape index (κ3) is 38.6. The maximum absolute atomic E-state index is 12.3. The minimum absolute atomic E-state index is 0.136. The summed E-state index contributed by atoms with van der Waals surface area (Å²) in [6, 6.07) is 0. The number of hydrogen-bond donors (Lipinski definition) is 0. The van der Waals surface area contributed by atoms with Crippen LogP contribution in [-0.4, -0.2) is 83.1 Å². The van der Waals surface area contributed by atoms with Crippen LogP contribution in [0.1, 0.15) is 174 Å². The molecule has 0 amide bonds. The Labute approximate surface area is 312 Å². The van der Waals surface area contributed by atoms with Crippen LogP contribution in [-0.2, 0) is 28.4 Å². The van der Waals surface area contributed by atoms with Gasteiger partial charge in [-0.25, -0.2) is 14.4 Å². The standard InChI is InChI=1S/C41H77NO9/c1-5-7-9-11-15-21-27-34-47-40(44)49-36-29-23-17-14-19-25-31-38(51-41(45)50-37-32-42(3)4)30-24-18-13-16-22-28-35-48-39(43)46-33-26-20-12-10-8-6-2/h21,27,38H,5-20,22-26,28-37H2,1-4H3/b27-21-. The number of unbranched alkanes of at least 4 members (excludes halogenated alkanes) is 19. The number of carbonyl (C=O) groups is 3. The van der Waals surface area contributed by atoms with Crippen molar-refractivity contribution in [2.24, 2.45) is 0 Å². The monoisotopic (exact) mass is 728 g/mol. The van der Waals surface area contributed by atoms with Gasteiger partial charge in [-0.05, 0) is 71.9 Å². The second kappa shape index (κ2) is 38.7. The molecule has 0 bridgehead atoms. The van der Waals surface area contributed by atoms with Gasteiger partial charge in [0.1, 0.15) is 19.3 Å². The van der Waals surface area contributed by atoms with Crippen molar-refractivity contribution >= 4 is 18.5 Å². The Kier molecular flexibility index (Phi) is 36.8. The normalized spacial score (nSPS) is 11.9. The van der Waals surface area contributed by atoms with Crippen molar-refractivity contribution in [3.05, 3.63) is 12.2 Å². The third-order valence-electron chi connectivity index (χ3n) is 8.71. The van der Waals surface area contributed by atoms with E-state index in [0.29, 0.717) is 33.0 Å². The predicted octanol–water partition coefficient (Wildman–Crippen LogP) is 11.7. The molecule has 0 aromatic heterocycles. The highest BCUT2D eigenvalue weighted by Crippen LogP contribution is 2.18. The molecule has 0 radical (unpaired) electrons. The van der Waals surface area contributed by atoms with Gasteiger partial charge in [-0.1, -0.05) is 129 Å². The van der Waals surface area contributed by atoms with Gasteiger partial charge >= 0.3 is 18.5 Å². The highest BCUT2D eigenvalue weighted by molar-refractivity contribution is 5.60. The molecule has 0 spiro atoms. The molecule has 0 saturated heterocycles. The van der Waals surface area contributed by atoms with Gasteiger partial charge in [0.05, 0.1) is 19.8 Å². The maximum Gasteiger partial charge on any atom is 0.508 e. The van der Waals surface area contributed by atoms with E-state index < -0.39 is 18.5 Å². The Bertz CT molecular complexity index is 821. The number of rotatable bonds is 36. The van der Waals surface area contributed by atoms with E-state index in [1.807, 2.05) is 25.1 Å². The highest BCUT2D eigenvalue weighted by atomic mass is 16.7. The van der Waals surface area contributed by atoms with Crippen molar-refractivity contribution < 1.29 is 42.8 Å². The second-order valence-electron chi connectivity index (χ2n) is 13.9. The van der Waals surface area contributed by atoms with Gasteiger partial charge in [-0.15, -0.1) is 0 Å². The van der Waals surface area contributed by atoms with Crippen LogP contribution in [0.5, 0.6) is 0 Å². The summed E-state index contributed by atoms with van der Waals surface area (Å²) in [7, 11) is 3.88. The van der Waals surface area contributed by atoms with E-state index in [-0.39, 0.29) is 12.7 Å². The molecule has 0 aliphatic carbocycles. The molecule has 1 unspecified atom stereocenters. The molecule has 0 N–H and O–H groups in total. The largest absolute Gasteiger partial charge is 0.508 e. The molecule has 51 heavy (non-hydrogen) atoms. The number of hydrogen-bond acceptors (Lipinski definition) is 10. The fourth-order valence-corrected chi connectivity index (χ4v) is 5.53. The van der Waals surface area contributed by atoms with Crippen molar-refractivity contribution in [3.63, 3.8) is 0 Å².